The first-order valence-corrected chi connectivity index (χ1v) is 4.89. The van der Waals surface area contributed by atoms with Crippen molar-refractivity contribution in [3.8, 4) is 0 Å². The summed E-state index contributed by atoms with van der Waals surface area (Å²) in [6.07, 6.45) is -0.0585. The fraction of sp³-hybridized carbons (Fsp3) is 0.364. The Bertz CT molecular complexity index is 344. The molecule has 0 spiro atoms. The van der Waals surface area contributed by atoms with Gasteiger partial charge in [-0.3, -0.25) is 10.1 Å². The van der Waals surface area contributed by atoms with Crippen LogP contribution in [0.1, 0.15) is 12.0 Å². The Labute approximate surface area is 87.9 Å². The van der Waals surface area contributed by atoms with Crippen LogP contribution >= 0.6 is 0 Å². The average molecular weight is 207 g/mol. The number of carboxylic acids is 1. The maximum atomic E-state index is 10.8. The third kappa shape index (κ3) is 2.00. The predicted octanol–water partition coefficient (Wildman–Crippen LogP) is 0.934. The van der Waals surface area contributed by atoms with Crippen molar-refractivity contribution in [2.75, 3.05) is 13.2 Å². The molecule has 1 saturated heterocycles. The molecule has 1 aromatic rings. The second kappa shape index (κ2) is 4.00. The number of rotatable bonds is 3. The third-order valence-electron chi connectivity index (χ3n) is 2.50. The molecule has 4 heteroatoms. The van der Waals surface area contributed by atoms with E-state index in [9.17, 15) is 4.79 Å². The van der Waals surface area contributed by atoms with Gasteiger partial charge in [-0.05, 0) is 5.56 Å². The Kier molecular flexibility index (Phi) is 2.70. The van der Waals surface area contributed by atoms with E-state index >= 15 is 0 Å². The molecule has 0 aliphatic carbocycles. The standard InChI is InChI=1S/C11H13NO3/c13-10(14)8-11(12-6-7-15-11)9-4-2-1-3-5-9/h1-5,12H,6-8H2,(H,13,14). The lowest BCUT2D eigenvalue weighted by Crippen LogP contribution is -2.40. The fourth-order valence-corrected chi connectivity index (χ4v) is 1.85. The smallest absolute Gasteiger partial charge is 0.308 e. The van der Waals surface area contributed by atoms with Crippen molar-refractivity contribution < 1.29 is 14.6 Å². The second-order valence-electron chi connectivity index (χ2n) is 3.54. The molecule has 1 heterocycles. The molecule has 1 aromatic carbocycles. The van der Waals surface area contributed by atoms with Crippen LogP contribution in [0, 0.1) is 0 Å². The van der Waals surface area contributed by atoms with E-state index in [0.717, 1.165) is 5.56 Å². The molecule has 2 rings (SSSR count). The van der Waals surface area contributed by atoms with Crippen molar-refractivity contribution >= 4 is 5.97 Å². The molecule has 15 heavy (non-hydrogen) atoms. The third-order valence-corrected chi connectivity index (χ3v) is 2.50. The largest absolute Gasteiger partial charge is 0.481 e. The van der Waals surface area contributed by atoms with Crippen molar-refractivity contribution in [2.45, 2.75) is 12.1 Å². The zero-order chi connectivity index (χ0) is 10.7. The van der Waals surface area contributed by atoms with Gasteiger partial charge in [-0.2, -0.15) is 0 Å². The number of hydrogen-bond donors (Lipinski definition) is 2. The van der Waals surface area contributed by atoms with Gasteiger partial charge in [0.05, 0.1) is 13.0 Å². The van der Waals surface area contributed by atoms with Gasteiger partial charge in [-0.15, -0.1) is 0 Å². The highest BCUT2D eigenvalue weighted by molar-refractivity contribution is 5.68. The van der Waals surface area contributed by atoms with Gasteiger partial charge in [-0.25, -0.2) is 0 Å². The number of nitrogens with one attached hydrogen (secondary N) is 1. The molecule has 4 nitrogen and oxygen atoms in total. The number of hydrogen-bond acceptors (Lipinski definition) is 3. The van der Waals surface area contributed by atoms with E-state index in [1.807, 2.05) is 30.3 Å². The summed E-state index contributed by atoms with van der Waals surface area (Å²) in [6, 6.07) is 9.40. The van der Waals surface area contributed by atoms with Crippen LogP contribution in [0.25, 0.3) is 0 Å². The van der Waals surface area contributed by atoms with E-state index < -0.39 is 11.7 Å². The minimum Gasteiger partial charge on any atom is -0.481 e. The van der Waals surface area contributed by atoms with E-state index in [-0.39, 0.29) is 6.42 Å². The summed E-state index contributed by atoms with van der Waals surface area (Å²) in [6.45, 7) is 1.23. The van der Waals surface area contributed by atoms with Crippen molar-refractivity contribution in [1.82, 2.24) is 5.32 Å². The number of aliphatic carboxylic acids is 1. The summed E-state index contributed by atoms with van der Waals surface area (Å²) in [5.41, 5.74) is 0.0255. The monoisotopic (exact) mass is 207 g/mol. The highest BCUT2D eigenvalue weighted by Gasteiger charge is 2.38. The van der Waals surface area contributed by atoms with Gasteiger partial charge in [0.15, 0.2) is 5.72 Å². The van der Waals surface area contributed by atoms with Crippen LogP contribution in [0.2, 0.25) is 0 Å². The molecule has 1 aliphatic heterocycles. The van der Waals surface area contributed by atoms with E-state index in [1.165, 1.54) is 0 Å². The minimum absolute atomic E-state index is 0.0585. The van der Waals surface area contributed by atoms with Crippen LogP contribution in [0.4, 0.5) is 0 Å². The topological polar surface area (TPSA) is 58.6 Å². The lowest BCUT2D eigenvalue weighted by Gasteiger charge is -2.27. The van der Waals surface area contributed by atoms with Crippen LogP contribution < -0.4 is 5.32 Å². The Morgan fingerprint density at radius 3 is 2.73 bits per heavy atom. The number of carboxylic acid groups (broad SMARTS) is 1. The first kappa shape index (κ1) is 10.1. The molecule has 0 bridgehead atoms. The van der Waals surface area contributed by atoms with Gasteiger partial charge in [0.25, 0.3) is 0 Å². The molecule has 1 fully saturated rings. The minimum atomic E-state index is -0.867. The van der Waals surface area contributed by atoms with E-state index in [2.05, 4.69) is 5.32 Å². The Hall–Kier alpha value is -1.39. The van der Waals surface area contributed by atoms with Crippen molar-refractivity contribution in [3.63, 3.8) is 0 Å². The van der Waals surface area contributed by atoms with Gasteiger partial charge < -0.3 is 9.84 Å². The quantitative estimate of drug-likeness (QED) is 0.774. The average Bonchev–Trinajstić information content (AvgIpc) is 2.68. The molecule has 80 valence electrons. The lowest BCUT2D eigenvalue weighted by molar-refractivity contribution is -0.144. The predicted molar refractivity (Wildman–Crippen MR) is 54.3 cm³/mol. The summed E-state index contributed by atoms with van der Waals surface area (Å²) in [7, 11) is 0. The Morgan fingerprint density at radius 1 is 1.47 bits per heavy atom. The molecule has 0 aromatic heterocycles. The normalized spacial score (nSPS) is 25.3. The molecular weight excluding hydrogens is 194 g/mol. The Balaban J connectivity index is 2.30. The van der Waals surface area contributed by atoms with Gasteiger partial charge in [0.1, 0.15) is 0 Å². The second-order valence-corrected chi connectivity index (χ2v) is 3.54. The summed E-state index contributed by atoms with van der Waals surface area (Å²) >= 11 is 0. The fourth-order valence-electron chi connectivity index (χ4n) is 1.85. The van der Waals surface area contributed by atoms with E-state index in [1.54, 1.807) is 0 Å². The highest BCUT2D eigenvalue weighted by Crippen LogP contribution is 2.29. The summed E-state index contributed by atoms with van der Waals surface area (Å²) in [4.78, 5) is 10.8. The first-order chi connectivity index (χ1) is 7.23. The number of ether oxygens (including phenoxy) is 1. The summed E-state index contributed by atoms with van der Waals surface area (Å²) in [5.74, 6) is -0.867. The number of benzene rings is 1. The van der Waals surface area contributed by atoms with E-state index in [0.29, 0.717) is 13.2 Å². The van der Waals surface area contributed by atoms with Gasteiger partial charge in [0.2, 0.25) is 0 Å². The van der Waals surface area contributed by atoms with Crippen LogP contribution in [0.3, 0.4) is 0 Å². The first-order valence-electron chi connectivity index (χ1n) is 4.89. The van der Waals surface area contributed by atoms with Crippen molar-refractivity contribution in [2.24, 2.45) is 0 Å². The zero-order valence-electron chi connectivity index (χ0n) is 8.27. The maximum Gasteiger partial charge on any atom is 0.308 e. The highest BCUT2D eigenvalue weighted by atomic mass is 16.5. The number of carbonyl (C=O) groups is 1. The molecule has 0 amide bonds. The lowest BCUT2D eigenvalue weighted by atomic mass is 10.00. The van der Waals surface area contributed by atoms with E-state index in [4.69, 9.17) is 9.84 Å². The van der Waals surface area contributed by atoms with Crippen LogP contribution in [0.5, 0.6) is 0 Å². The molecule has 1 unspecified atom stereocenters. The van der Waals surface area contributed by atoms with Crippen LogP contribution in [-0.2, 0) is 15.3 Å². The maximum absolute atomic E-state index is 10.8. The van der Waals surface area contributed by atoms with Gasteiger partial charge in [-0.1, -0.05) is 30.3 Å². The Morgan fingerprint density at radius 2 is 2.20 bits per heavy atom. The van der Waals surface area contributed by atoms with Crippen molar-refractivity contribution in [3.05, 3.63) is 35.9 Å². The molecule has 1 aliphatic rings. The summed E-state index contributed by atoms with van der Waals surface area (Å²) < 4.78 is 5.55. The molecule has 0 radical (unpaired) electrons. The van der Waals surface area contributed by atoms with Crippen molar-refractivity contribution in [1.29, 1.82) is 0 Å². The van der Waals surface area contributed by atoms with Gasteiger partial charge in [0, 0.05) is 6.54 Å². The molecule has 2 N–H and O–H groups in total. The summed E-state index contributed by atoms with van der Waals surface area (Å²) in [5, 5.41) is 12.0. The van der Waals surface area contributed by atoms with Gasteiger partial charge >= 0.3 is 5.97 Å². The SMILES string of the molecule is O=C(O)CC1(c2ccccc2)NCCO1. The zero-order valence-corrected chi connectivity index (χ0v) is 8.27. The molecular formula is C11H13NO3. The molecule has 0 saturated carbocycles. The van der Waals surface area contributed by atoms with Crippen LogP contribution in [0.15, 0.2) is 30.3 Å². The van der Waals surface area contributed by atoms with Crippen LogP contribution in [-0.4, -0.2) is 24.2 Å². The molecule has 1 atom stereocenters.